The lowest BCUT2D eigenvalue weighted by atomic mass is 10.1. The molecule has 0 aliphatic rings. The highest BCUT2D eigenvalue weighted by Crippen LogP contribution is 2.23. The van der Waals surface area contributed by atoms with E-state index < -0.39 is 0 Å². The Kier molecular flexibility index (Phi) is 6.17. The highest BCUT2D eigenvalue weighted by atomic mass is 16.5. The van der Waals surface area contributed by atoms with Crippen molar-refractivity contribution in [3.8, 4) is 17.0 Å². The number of aryl methyl sites for hydroxylation is 1. The molecule has 0 fully saturated rings. The number of carbonyl (C=O) groups is 1. The molecule has 2 rings (SSSR count). The zero-order chi connectivity index (χ0) is 16.7. The number of hydrogen-bond donors (Lipinski definition) is 1. The van der Waals surface area contributed by atoms with Gasteiger partial charge < -0.3 is 14.8 Å². The van der Waals surface area contributed by atoms with E-state index in [1.165, 1.54) is 0 Å². The summed E-state index contributed by atoms with van der Waals surface area (Å²) in [5, 5.41) is 7.24. The lowest BCUT2D eigenvalue weighted by molar-refractivity contribution is 0.0943. The number of ether oxygens (including phenoxy) is 2. The van der Waals surface area contributed by atoms with Crippen LogP contribution in [0.25, 0.3) is 11.3 Å². The van der Waals surface area contributed by atoms with E-state index in [2.05, 4.69) is 10.4 Å². The van der Waals surface area contributed by atoms with Crippen LogP contribution < -0.4 is 10.1 Å². The molecule has 0 aliphatic carbocycles. The summed E-state index contributed by atoms with van der Waals surface area (Å²) in [6.45, 7) is 3.89. The minimum Gasteiger partial charge on any atom is -0.497 e. The van der Waals surface area contributed by atoms with Gasteiger partial charge in [-0.05, 0) is 43.7 Å². The maximum absolute atomic E-state index is 12.2. The second-order valence-electron chi connectivity index (χ2n) is 5.06. The molecule has 6 nitrogen and oxygen atoms in total. The maximum atomic E-state index is 12.2. The van der Waals surface area contributed by atoms with Crippen molar-refractivity contribution in [2.75, 3.05) is 27.4 Å². The second kappa shape index (κ2) is 8.33. The number of carbonyl (C=O) groups excluding carboxylic acids is 1. The fourth-order valence-electron chi connectivity index (χ4n) is 2.27. The van der Waals surface area contributed by atoms with E-state index in [-0.39, 0.29) is 5.91 Å². The molecular weight excluding hydrogens is 294 g/mol. The van der Waals surface area contributed by atoms with Gasteiger partial charge in [0.05, 0.1) is 12.8 Å². The smallest absolute Gasteiger partial charge is 0.271 e. The highest BCUT2D eigenvalue weighted by molar-refractivity contribution is 5.93. The molecule has 0 saturated heterocycles. The summed E-state index contributed by atoms with van der Waals surface area (Å²) >= 11 is 0. The largest absolute Gasteiger partial charge is 0.497 e. The Bertz CT molecular complexity index is 635. The summed E-state index contributed by atoms with van der Waals surface area (Å²) in [6.07, 6.45) is 0.780. The van der Waals surface area contributed by atoms with Crippen LogP contribution in [0.5, 0.6) is 5.75 Å². The Balaban J connectivity index is 2.14. The van der Waals surface area contributed by atoms with Crippen molar-refractivity contribution in [3.63, 3.8) is 0 Å². The lowest BCUT2D eigenvalue weighted by Crippen LogP contribution is -2.25. The van der Waals surface area contributed by atoms with Gasteiger partial charge in [0.15, 0.2) is 5.69 Å². The standard InChI is InChI=1S/C17H23N3O3/c1-4-20-16(13-6-8-14(23-3)9-7-13)12-15(19-20)17(21)18-10-5-11-22-2/h6-9,12H,4-5,10-11H2,1-3H3,(H,18,21). The van der Waals surface area contributed by atoms with Crippen LogP contribution in [-0.4, -0.2) is 43.1 Å². The predicted molar refractivity (Wildman–Crippen MR) is 88.7 cm³/mol. The Labute approximate surface area is 136 Å². The van der Waals surface area contributed by atoms with E-state index in [1.807, 2.05) is 41.9 Å². The molecule has 1 aromatic heterocycles. The predicted octanol–water partition coefficient (Wildman–Crippen LogP) is 2.34. The number of methoxy groups -OCH3 is 2. The van der Waals surface area contributed by atoms with E-state index >= 15 is 0 Å². The summed E-state index contributed by atoms with van der Waals surface area (Å²) in [7, 11) is 3.28. The minimum absolute atomic E-state index is 0.164. The van der Waals surface area contributed by atoms with Crippen LogP contribution in [0.1, 0.15) is 23.8 Å². The molecule has 1 amide bonds. The third-order valence-corrected chi connectivity index (χ3v) is 3.51. The van der Waals surface area contributed by atoms with Crippen molar-refractivity contribution in [2.24, 2.45) is 0 Å². The molecule has 1 N–H and O–H groups in total. The van der Waals surface area contributed by atoms with Crippen molar-refractivity contribution in [3.05, 3.63) is 36.0 Å². The van der Waals surface area contributed by atoms with Crippen molar-refractivity contribution in [1.82, 2.24) is 15.1 Å². The zero-order valence-electron chi connectivity index (χ0n) is 13.8. The summed E-state index contributed by atoms with van der Waals surface area (Å²) < 4.78 is 12.0. The molecule has 6 heteroatoms. The Hall–Kier alpha value is -2.34. The van der Waals surface area contributed by atoms with Gasteiger partial charge in [0.1, 0.15) is 5.75 Å². The summed E-state index contributed by atoms with van der Waals surface area (Å²) in [6, 6.07) is 9.53. The quantitative estimate of drug-likeness (QED) is 0.759. The van der Waals surface area contributed by atoms with E-state index in [0.29, 0.717) is 25.4 Å². The number of benzene rings is 1. The van der Waals surface area contributed by atoms with Gasteiger partial charge in [-0.15, -0.1) is 0 Å². The maximum Gasteiger partial charge on any atom is 0.271 e. The zero-order valence-corrected chi connectivity index (χ0v) is 13.8. The fraction of sp³-hybridized carbons (Fsp3) is 0.412. The van der Waals surface area contributed by atoms with Crippen LogP contribution in [0, 0.1) is 0 Å². The first-order valence-corrected chi connectivity index (χ1v) is 7.69. The van der Waals surface area contributed by atoms with Gasteiger partial charge in [-0.3, -0.25) is 9.48 Å². The van der Waals surface area contributed by atoms with Gasteiger partial charge in [-0.25, -0.2) is 0 Å². The molecule has 1 aromatic carbocycles. The SMILES string of the molecule is CCn1nc(C(=O)NCCCOC)cc1-c1ccc(OC)cc1. The van der Waals surface area contributed by atoms with E-state index in [1.54, 1.807) is 14.2 Å². The van der Waals surface area contributed by atoms with E-state index in [9.17, 15) is 4.79 Å². The Morgan fingerprint density at radius 2 is 2.00 bits per heavy atom. The summed E-state index contributed by atoms with van der Waals surface area (Å²) in [5.74, 6) is 0.635. The molecule has 124 valence electrons. The number of rotatable bonds is 8. The number of aromatic nitrogens is 2. The molecular formula is C17H23N3O3. The molecule has 0 unspecified atom stereocenters. The first-order valence-electron chi connectivity index (χ1n) is 7.69. The monoisotopic (exact) mass is 317 g/mol. The molecule has 1 heterocycles. The van der Waals surface area contributed by atoms with Crippen LogP contribution in [-0.2, 0) is 11.3 Å². The summed E-state index contributed by atoms with van der Waals surface area (Å²) in [5.41, 5.74) is 2.34. The Morgan fingerprint density at radius 1 is 1.26 bits per heavy atom. The number of hydrogen-bond acceptors (Lipinski definition) is 4. The topological polar surface area (TPSA) is 65.4 Å². The first kappa shape index (κ1) is 17.0. The Morgan fingerprint density at radius 3 is 2.61 bits per heavy atom. The average molecular weight is 317 g/mol. The van der Waals surface area contributed by atoms with Gasteiger partial charge in [-0.1, -0.05) is 0 Å². The lowest BCUT2D eigenvalue weighted by Gasteiger charge is -2.05. The van der Waals surface area contributed by atoms with Gasteiger partial charge >= 0.3 is 0 Å². The number of nitrogens with zero attached hydrogens (tertiary/aromatic N) is 2. The van der Waals surface area contributed by atoms with Crippen LogP contribution in [0.4, 0.5) is 0 Å². The highest BCUT2D eigenvalue weighted by Gasteiger charge is 2.14. The molecule has 0 spiro atoms. The van der Waals surface area contributed by atoms with Crippen LogP contribution in [0.2, 0.25) is 0 Å². The van der Waals surface area contributed by atoms with Crippen LogP contribution >= 0.6 is 0 Å². The molecule has 2 aromatic rings. The van der Waals surface area contributed by atoms with Crippen molar-refractivity contribution >= 4 is 5.91 Å². The minimum atomic E-state index is -0.164. The van der Waals surface area contributed by atoms with Crippen LogP contribution in [0.3, 0.4) is 0 Å². The first-order chi connectivity index (χ1) is 11.2. The molecule has 23 heavy (non-hydrogen) atoms. The number of nitrogens with one attached hydrogen (secondary N) is 1. The third kappa shape index (κ3) is 4.32. The summed E-state index contributed by atoms with van der Waals surface area (Å²) in [4.78, 5) is 12.2. The van der Waals surface area contributed by atoms with Crippen LogP contribution in [0.15, 0.2) is 30.3 Å². The van der Waals surface area contributed by atoms with Crippen molar-refractivity contribution < 1.29 is 14.3 Å². The van der Waals surface area contributed by atoms with Crippen molar-refractivity contribution in [1.29, 1.82) is 0 Å². The van der Waals surface area contributed by atoms with Gasteiger partial charge in [0, 0.05) is 32.4 Å². The van der Waals surface area contributed by atoms with Gasteiger partial charge in [-0.2, -0.15) is 5.10 Å². The van der Waals surface area contributed by atoms with E-state index in [0.717, 1.165) is 23.4 Å². The van der Waals surface area contributed by atoms with Crippen molar-refractivity contribution in [2.45, 2.75) is 19.9 Å². The molecule has 0 saturated carbocycles. The molecule has 0 atom stereocenters. The molecule has 0 bridgehead atoms. The van der Waals surface area contributed by atoms with Gasteiger partial charge in [0.2, 0.25) is 0 Å². The molecule has 0 radical (unpaired) electrons. The second-order valence-corrected chi connectivity index (χ2v) is 5.06. The molecule has 0 aliphatic heterocycles. The van der Waals surface area contributed by atoms with E-state index in [4.69, 9.17) is 9.47 Å². The number of amides is 1. The average Bonchev–Trinajstić information content (AvgIpc) is 3.03. The fourth-order valence-corrected chi connectivity index (χ4v) is 2.27. The van der Waals surface area contributed by atoms with Gasteiger partial charge in [0.25, 0.3) is 5.91 Å². The normalized spacial score (nSPS) is 10.6. The third-order valence-electron chi connectivity index (χ3n) is 3.51.